The van der Waals surface area contributed by atoms with E-state index >= 15 is 0 Å². The number of aromatic nitrogens is 1. The summed E-state index contributed by atoms with van der Waals surface area (Å²) in [5, 5.41) is 15.9. The maximum absolute atomic E-state index is 13.2. The Kier molecular flexibility index (Phi) is 4.98. The summed E-state index contributed by atoms with van der Waals surface area (Å²) in [4.78, 5) is 4.45. The highest BCUT2D eigenvalue weighted by atomic mass is 79.9. The van der Waals surface area contributed by atoms with E-state index in [0.29, 0.717) is 45.0 Å². The molecule has 27 heavy (non-hydrogen) atoms. The lowest BCUT2D eigenvalue weighted by Gasteiger charge is -2.24. The first-order valence-electron chi connectivity index (χ1n) is 8.23. The van der Waals surface area contributed by atoms with Crippen molar-refractivity contribution in [1.82, 2.24) is 4.98 Å². The SMILES string of the molecule is N=Cc1c(N)cc(Br)c2nc(/C(=C/N)C(=N)C(F)(F)F)c3c(c12)CCCC3. The molecule has 0 saturated heterocycles. The molecule has 9 heteroatoms. The van der Waals surface area contributed by atoms with Crippen molar-refractivity contribution in [2.75, 3.05) is 5.73 Å². The van der Waals surface area contributed by atoms with E-state index in [0.717, 1.165) is 30.8 Å². The van der Waals surface area contributed by atoms with Gasteiger partial charge in [0.05, 0.1) is 11.2 Å². The molecule has 1 heterocycles. The van der Waals surface area contributed by atoms with E-state index in [-0.39, 0.29) is 5.69 Å². The van der Waals surface area contributed by atoms with E-state index in [4.69, 9.17) is 22.3 Å². The molecular formula is C18H17BrF3N5. The van der Waals surface area contributed by atoms with Crippen LogP contribution in [-0.2, 0) is 12.8 Å². The zero-order chi connectivity index (χ0) is 19.9. The van der Waals surface area contributed by atoms with Crippen molar-refractivity contribution in [3.8, 4) is 0 Å². The maximum Gasteiger partial charge on any atom is 0.433 e. The van der Waals surface area contributed by atoms with Gasteiger partial charge in [-0.3, -0.25) is 5.41 Å². The highest BCUT2D eigenvalue weighted by Crippen LogP contribution is 2.40. The predicted octanol–water partition coefficient (Wildman–Crippen LogP) is 4.34. The van der Waals surface area contributed by atoms with Crippen molar-refractivity contribution < 1.29 is 13.2 Å². The standard InChI is InChI=1S/C18H17BrF3N5/c19-12-5-13(25)10(6-23)14-8-3-1-2-4-9(8)15(27-16(12)14)11(7-24)17(26)18(20,21)22/h5-7,23,26H,1-4,24-25H2/b11-7-,23-6?,26-17?. The summed E-state index contributed by atoms with van der Waals surface area (Å²) in [6, 6.07) is 1.58. The van der Waals surface area contributed by atoms with Gasteiger partial charge in [0.25, 0.3) is 0 Å². The molecule has 1 aliphatic carbocycles. The van der Waals surface area contributed by atoms with Gasteiger partial charge >= 0.3 is 6.18 Å². The third-order valence-corrected chi connectivity index (χ3v) is 5.33. The molecule has 0 atom stereocenters. The normalized spacial score (nSPS) is 14.9. The Labute approximate surface area is 161 Å². The second-order valence-corrected chi connectivity index (χ2v) is 7.16. The zero-order valence-corrected chi connectivity index (χ0v) is 15.8. The largest absolute Gasteiger partial charge is 0.433 e. The van der Waals surface area contributed by atoms with Crippen LogP contribution in [0.4, 0.5) is 18.9 Å². The Hall–Kier alpha value is -2.42. The number of nitrogens with zero attached hydrogens (tertiary/aromatic N) is 1. The molecule has 0 unspecified atom stereocenters. The second-order valence-electron chi connectivity index (χ2n) is 6.31. The number of hydrogen-bond acceptors (Lipinski definition) is 5. The first-order chi connectivity index (χ1) is 12.7. The summed E-state index contributed by atoms with van der Waals surface area (Å²) in [6.45, 7) is 0. The monoisotopic (exact) mass is 439 g/mol. The molecule has 0 bridgehead atoms. The minimum atomic E-state index is -4.83. The number of nitrogen functional groups attached to an aromatic ring is 1. The highest BCUT2D eigenvalue weighted by Gasteiger charge is 2.38. The van der Waals surface area contributed by atoms with Crippen LogP contribution in [0.15, 0.2) is 16.7 Å². The predicted molar refractivity (Wildman–Crippen MR) is 104 cm³/mol. The van der Waals surface area contributed by atoms with Crippen LogP contribution in [0.5, 0.6) is 0 Å². The maximum atomic E-state index is 13.2. The van der Waals surface area contributed by atoms with Crippen molar-refractivity contribution in [2.24, 2.45) is 5.73 Å². The number of allylic oxidation sites excluding steroid dienone is 1. The van der Waals surface area contributed by atoms with Crippen LogP contribution in [0, 0.1) is 10.8 Å². The van der Waals surface area contributed by atoms with Crippen LogP contribution in [0.3, 0.4) is 0 Å². The van der Waals surface area contributed by atoms with Crippen molar-refractivity contribution in [3.05, 3.63) is 39.1 Å². The Balaban J connectivity index is 2.43. The minimum Gasteiger partial charge on any atom is -0.404 e. The summed E-state index contributed by atoms with van der Waals surface area (Å²) in [5.74, 6) is 0. The van der Waals surface area contributed by atoms with E-state index in [1.165, 1.54) is 0 Å². The van der Waals surface area contributed by atoms with E-state index in [1.54, 1.807) is 6.07 Å². The zero-order valence-electron chi connectivity index (χ0n) is 14.2. The number of fused-ring (bicyclic) bond motifs is 3. The van der Waals surface area contributed by atoms with Gasteiger partial charge in [-0.05, 0) is 58.8 Å². The van der Waals surface area contributed by atoms with Gasteiger partial charge in [-0.1, -0.05) is 0 Å². The fourth-order valence-electron chi connectivity index (χ4n) is 3.52. The summed E-state index contributed by atoms with van der Waals surface area (Å²) in [7, 11) is 0. The summed E-state index contributed by atoms with van der Waals surface area (Å²) >= 11 is 3.38. The smallest absolute Gasteiger partial charge is 0.404 e. The number of benzene rings is 1. The number of alkyl halides is 3. The topological polar surface area (TPSA) is 113 Å². The number of rotatable bonds is 3. The average Bonchev–Trinajstić information content (AvgIpc) is 2.62. The molecule has 5 nitrogen and oxygen atoms in total. The molecule has 0 amide bonds. The molecule has 1 aromatic heterocycles. The average molecular weight is 440 g/mol. The molecule has 0 aliphatic heterocycles. The van der Waals surface area contributed by atoms with Crippen LogP contribution in [-0.4, -0.2) is 23.1 Å². The van der Waals surface area contributed by atoms with Crippen LogP contribution >= 0.6 is 15.9 Å². The third-order valence-electron chi connectivity index (χ3n) is 4.72. The van der Waals surface area contributed by atoms with Gasteiger partial charge in [0.2, 0.25) is 0 Å². The van der Waals surface area contributed by atoms with E-state index in [9.17, 15) is 13.2 Å². The number of pyridine rings is 1. The van der Waals surface area contributed by atoms with Gasteiger partial charge in [0, 0.05) is 39.1 Å². The summed E-state index contributed by atoms with van der Waals surface area (Å²) in [5.41, 5.74) is 12.4. The number of nitrogens with one attached hydrogen (secondary N) is 2. The first kappa shape index (κ1) is 19.3. The van der Waals surface area contributed by atoms with Gasteiger partial charge in [0.15, 0.2) is 0 Å². The fraction of sp³-hybridized carbons (Fsp3) is 0.278. The van der Waals surface area contributed by atoms with Gasteiger partial charge in [-0.2, -0.15) is 13.2 Å². The van der Waals surface area contributed by atoms with E-state index < -0.39 is 17.5 Å². The fourth-order valence-corrected chi connectivity index (χ4v) is 4.06. The van der Waals surface area contributed by atoms with Crippen molar-refractivity contribution >= 4 is 50.0 Å². The summed E-state index contributed by atoms with van der Waals surface area (Å²) in [6.07, 6.45) is -0.0714. The number of halogens is 4. The highest BCUT2D eigenvalue weighted by molar-refractivity contribution is 9.10. The number of aryl methyl sites for hydroxylation is 1. The lowest BCUT2D eigenvalue weighted by atomic mass is 9.84. The van der Waals surface area contributed by atoms with Crippen LogP contribution in [0.1, 0.15) is 35.2 Å². The van der Waals surface area contributed by atoms with Gasteiger partial charge in [-0.25, -0.2) is 4.98 Å². The Morgan fingerprint density at radius 2 is 1.85 bits per heavy atom. The molecule has 1 aliphatic rings. The second kappa shape index (κ2) is 6.95. The number of hydrogen-bond donors (Lipinski definition) is 4. The van der Waals surface area contributed by atoms with Crippen molar-refractivity contribution in [2.45, 2.75) is 31.9 Å². The molecule has 142 valence electrons. The van der Waals surface area contributed by atoms with E-state index in [2.05, 4.69) is 20.9 Å². The van der Waals surface area contributed by atoms with Gasteiger partial charge < -0.3 is 16.9 Å². The third kappa shape index (κ3) is 3.20. The van der Waals surface area contributed by atoms with Gasteiger partial charge in [0.1, 0.15) is 5.71 Å². The molecule has 0 fully saturated rings. The van der Waals surface area contributed by atoms with Crippen molar-refractivity contribution in [3.63, 3.8) is 0 Å². The minimum absolute atomic E-state index is 0.0726. The lowest BCUT2D eigenvalue weighted by Crippen LogP contribution is -2.25. The van der Waals surface area contributed by atoms with E-state index in [1.807, 2.05) is 0 Å². The van der Waals surface area contributed by atoms with Crippen molar-refractivity contribution in [1.29, 1.82) is 10.8 Å². The molecule has 6 N–H and O–H groups in total. The van der Waals surface area contributed by atoms with Crippen LogP contribution < -0.4 is 11.5 Å². The number of anilines is 1. The molecule has 0 radical (unpaired) electrons. The van der Waals surface area contributed by atoms with Gasteiger partial charge in [-0.15, -0.1) is 0 Å². The molecule has 2 aromatic rings. The molecule has 1 aromatic carbocycles. The van der Waals surface area contributed by atoms with Crippen LogP contribution in [0.25, 0.3) is 16.5 Å². The quantitative estimate of drug-likeness (QED) is 0.421. The Morgan fingerprint density at radius 1 is 1.22 bits per heavy atom. The molecule has 3 rings (SSSR count). The first-order valence-corrected chi connectivity index (χ1v) is 9.02. The van der Waals surface area contributed by atoms with Crippen LogP contribution in [0.2, 0.25) is 0 Å². The Morgan fingerprint density at radius 3 is 2.41 bits per heavy atom. The molecule has 0 saturated carbocycles. The lowest BCUT2D eigenvalue weighted by molar-refractivity contribution is -0.0578. The number of nitrogens with two attached hydrogens (primary N) is 2. The summed E-state index contributed by atoms with van der Waals surface area (Å²) < 4.78 is 40.0. The molecular weight excluding hydrogens is 423 g/mol. The Bertz CT molecular complexity index is 995. The molecule has 0 spiro atoms.